The number of amides is 2. The van der Waals surface area contributed by atoms with Gasteiger partial charge < -0.3 is 20.5 Å². The molecule has 5 atom stereocenters. The lowest BCUT2D eigenvalue weighted by Gasteiger charge is -2.24. The predicted molar refractivity (Wildman–Crippen MR) is 131 cm³/mol. The summed E-state index contributed by atoms with van der Waals surface area (Å²) < 4.78 is 5.66. The van der Waals surface area contributed by atoms with E-state index in [0.29, 0.717) is 19.3 Å². The Morgan fingerprint density at radius 3 is 2.29 bits per heavy atom. The maximum atomic E-state index is 13.0. The molecule has 0 spiro atoms. The molecule has 0 saturated heterocycles. The van der Waals surface area contributed by atoms with E-state index in [1.807, 2.05) is 38.1 Å². The van der Waals surface area contributed by atoms with Crippen LogP contribution in [-0.4, -0.2) is 41.8 Å². The predicted octanol–water partition coefficient (Wildman–Crippen LogP) is 4.31. The SMILES string of the molecule is CCC(C)C(NC(=O)[C@@]12C[C@@H](NC(=O)OCC3c4ccccc4-c4ccccc43)C[C@@H]1C2)C(=O)O. The molecule has 0 aliphatic heterocycles. The van der Waals surface area contributed by atoms with Gasteiger partial charge in [0.05, 0.1) is 5.41 Å². The van der Waals surface area contributed by atoms with E-state index in [9.17, 15) is 19.5 Å². The summed E-state index contributed by atoms with van der Waals surface area (Å²) in [5.41, 5.74) is 4.11. The van der Waals surface area contributed by atoms with Gasteiger partial charge in [0.15, 0.2) is 0 Å². The molecule has 0 aromatic heterocycles. The monoisotopic (exact) mass is 476 g/mol. The van der Waals surface area contributed by atoms with Gasteiger partial charge in [0.2, 0.25) is 5.91 Å². The van der Waals surface area contributed by atoms with Gasteiger partial charge in [0.25, 0.3) is 0 Å². The molecule has 2 amide bonds. The van der Waals surface area contributed by atoms with Crippen molar-refractivity contribution < 1.29 is 24.2 Å². The largest absolute Gasteiger partial charge is 0.480 e. The second-order valence-corrected chi connectivity index (χ2v) is 10.3. The highest BCUT2D eigenvalue weighted by Crippen LogP contribution is 2.63. The zero-order chi connectivity index (χ0) is 24.7. The highest BCUT2D eigenvalue weighted by Gasteiger charge is 2.65. The fourth-order valence-electron chi connectivity index (χ4n) is 6.06. The molecule has 5 rings (SSSR count). The maximum Gasteiger partial charge on any atom is 0.407 e. The topological polar surface area (TPSA) is 105 Å². The van der Waals surface area contributed by atoms with E-state index in [2.05, 4.69) is 34.9 Å². The highest BCUT2D eigenvalue weighted by atomic mass is 16.5. The van der Waals surface area contributed by atoms with Crippen LogP contribution in [0.1, 0.15) is 56.6 Å². The van der Waals surface area contributed by atoms with Crippen molar-refractivity contribution in [2.24, 2.45) is 17.3 Å². The molecule has 7 nitrogen and oxygen atoms in total. The third-order valence-electron chi connectivity index (χ3n) is 8.30. The van der Waals surface area contributed by atoms with Crippen LogP contribution in [0.5, 0.6) is 0 Å². The Labute approximate surface area is 205 Å². The third kappa shape index (κ3) is 4.17. The Bertz CT molecular complexity index is 1120. The number of alkyl carbamates (subject to hydrolysis) is 1. The minimum absolute atomic E-state index is 0.00393. The molecule has 2 saturated carbocycles. The van der Waals surface area contributed by atoms with E-state index in [1.165, 1.54) is 11.1 Å². The highest BCUT2D eigenvalue weighted by molar-refractivity contribution is 5.90. The molecule has 0 heterocycles. The Hall–Kier alpha value is -3.35. The first-order valence-electron chi connectivity index (χ1n) is 12.5. The quantitative estimate of drug-likeness (QED) is 0.527. The number of carboxylic acids is 1. The minimum Gasteiger partial charge on any atom is -0.480 e. The zero-order valence-corrected chi connectivity index (χ0v) is 20.1. The first-order chi connectivity index (χ1) is 16.8. The average molecular weight is 477 g/mol. The van der Waals surface area contributed by atoms with Gasteiger partial charge in [-0.15, -0.1) is 0 Å². The van der Waals surface area contributed by atoms with Crippen molar-refractivity contribution in [3.8, 4) is 11.1 Å². The fraction of sp³-hybridized carbons (Fsp3) is 0.464. The van der Waals surface area contributed by atoms with Crippen LogP contribution >= 0.6 is 0 Å². The smallest absolute Gasteiger partial charge is 0.407 e. The molecule has 35 heavy (non-hydrogen) atoms. The number of carbonyl (C=O) groups excluding carboxylic acids is 2. The van der Waals surface area contributed by atoms with Crippen LogP contribution in [0.15, 0.2) is 48.5 Å². The van der Waals surface area contributed by atoms with Gasteiger partial charge in [-0.1, -0.05) is 68.8 Å². The molecule has 7 heteroatoms. The summed E-state index contributed by atoms with van der Waals surface area (Å²) in [5, 5.41) is 15.2. The van der Waals surface area contributed by atoms with Crippen molar-refractivity contribution in [2.45, 2.75) is 57.5 Å². The Balaban J connectivity index is 1.17. The first-order valence-corrected chi connectivity index (χ1v) is 12.5. The molecule has 2 unspecified atom stereocenters. The number of carbonyl (C=O) groups is 3. The van der Waals surface area contributed by atoms with Gasteiger partial charge >= 0.3 is 12.1 Å². The van der Waals surface area contributed by atoms with Crippen LogP contribution in [-0.2, 0) is 14.3 Å². The Morgan fingerprint density at radius 1 is 1.06 bits per heavy atom. The van der Waals surface area contributed by atoms with Crippen LogP contribution in [0.4, 0.5) is 4.79 Å². The number of benzene rings is 2. The van der Waals surface area contributed by atoms with Crippen molar-refractivity contribution >= 4 is 18.0 Å². The number of ether oxygens (including phenoxy) is 1. The number of fused-ring (bicyclic) bond motifs is 4. The van der Waals surface area contributed by atoms with Crippen LogP contribution in [0.25, 0.3) is 11.1 Å². The second kappa shape index (κ2) is 9.02. The number of rotatable bonds is 8. The van der Waals surface area contributed by atoms with Crippen molar-refractivity contribution in [3.05, 3.63) is 59.7 Å². The van der Waals surface area contributed by atoms with Gasteiger partial charge in [0.1, 0.15) is 12.6 Å². The first kappa shape index (κ1) is 23.4. The van der Waals surface area contributed by atoms with Crippen molar-refractivity contribution in [2.75, 3.05) is 6.61 Å². The Morgan fingerprint density at radius 2 is 1.69 bits per heavy atom. The normalized spacial score (nSPS) is 25.5. The van der Waals surface area contributed by atoms with Gasteiger partial charge in [-0.05, 0) is 53.4 Å². The molecule has 3 aliphatic carbocycles. The molecule has 2 aromatic carbocycles. The summed E-state index contributed by atoms with van der Waals surface area (Å²) >= 11 is 0. The molecule has 0 bridgehead atoms. The molecule has 3 N–H and O–H groups in total. The lowest BCUT2D eigenvalue weighted by atomic mass is 9.96. The summed E-state index contributed by atoms with van der Waals surface area (Å²) in [6.45, 7) is 3.99. The van der Waals surface area contributed by atoms with Gasteiger partial charge in [0, 0.05) is 12.0 Å². The molecule has 2 aromatic rings. The van der Waals surface area contributed by atoms with Crippen LogP contribution in [0.3, 0.4) is 0 Å². The maximum absolute atomic E-state index is 13.0. The van der Waals surface area contributed by atoms with Crippen LogP contribution in [0, 0.1) is 17.3 Å². The Kier molecular flexibility index (Phi) is 6.03. The molecule has 184 valence electrons. The number of carboxylic acid groups (broad SMARTS) is 1. The van der Waals surface area contributed by atoms with E-state index in [-0.39, 0.29) is 36.3 Å². The number of aliphatic carboxylic acids is 1. The summed E-state index contributed by atoms with van der Waals surface area (Å²) in [4.78, 5) is 37.3. The molecule has 2 fully saturated rings. The van der Waals surface area contributed by atoms with E-state index >= 15 is 0 Å². The standard InChI is InChI=1S/C28H32N2O5/c1-3-16(2)24(25(31)32)30-26(33)28-13-17(28)12-18(14-28)29-27(34)35-15-23-21-10-6-4-8-19(21)20-9-5-7-11-22(20)23/h4-11,16-18,23-24H,3,12-15H2,1-2H3,(H,29,34)(H,30,33)(H,31,32)/t16?,17-,18+,24?,28+/m1/s1. The number of hydrogen-bond donors (Lipinski definition) is 3. The molecule has 0 radical (unpaired) electrons. The molecular formula is C28H32N2O5. The van der Waals surface area contributed by atoms with Crippen molar-refractivity contribution in [3.63, 3.8) is 0 Å². The molecule has 3 aliphatic rings. The van der Waals surface area contributed by atoms with Gasteiger partial charge in [-0.3, -0.25) is 4.79 Å². The zero-order valence-electron chi connectivity index (χ0n) is 20.1. The lowest BCUT2D eigenvalue weighted by Crippen LogP contribution is -2.48. The third-order valence-corrected chi connectivity index (χ3v) is 8.30. The molecular weight excluding hydrogens is 444 g/mol. The number of hydrogen-bond acceptors (Lipinski definition) is 4. The van der Waals surface area contributed by atoms with Crippen molar-refractivity contribution in [1.82, 2.24) is 10.6 Å². The summed E-state index contributed by atoms with van der Waals surface area (Å²) in [7, 11) is 0. The van der Waals surface area contributed by atoms with Gasteiger partial charge in [-0.2, -0.15) is 0 Å². The average Bonchev–Trinajstić information content (AvgIpc) is 3.28. The van der Waals surface area contributed by atoms with Crippen molar-refractivity contribution in [1.29, 1.82) is 0 Å². The second-order valence-electron chi connectivity index (χ2n) is 10.3. The lowest BCUT2D eigenvalue weighted by molar-refractivity contribution is -0.144. The van der Waals surface area contributed by atoms with E-state index < -0.39 is 23.5 Å². The fourth-order valence-corrected chi connectivity index (χ4v) is 6.06. The summed E-state index contributed by atoms with van der Waals surface area (Å²) in [6.07, 6.45) is 2.16. The van der Waals surface area contributed by atoms with E-state index in [0.717, 1.165) is 17.5 Å². The van der Waals surface area contributed by atoms with Gasteiger partial charge in [-0.25, -0.2) is 9.59 Å². The van der Waals surface area contributed by atoms with Crippen LogP contribution in [0.2, 0.25) is 0 Å². The van der Waals surface area contributed by atoms with Crippen LogP contribution < -0.4 is 10.6 Å². The summed E-state index contributed by atoms with van der Waals surface area (Å²) in [6, 6.07) is 15.4. The minimum atomic E-state index is -1.01. The van der Waals surface area contributed by atoms with E-state index in [1.54, 1.807) is 0 Å². The number of nitrogens with one attached hydrogen (secondary N) is 2. The van der Waals surface area contributed by atoms with E-state index in [4.69, 9.17) is 4.74 Å². The summed E-state index contributed by atoms with van der Waals surface area (Å²) in [5.74, 6) is -1.19.